The molecule has 47 heavy (non-hydrogen) atoms. The summed E-state index contributed by atoms with van der Waals surface area (Å²) in [6, 6.07) is 39.7. The molecule has 10 aromatic rings. The van der Waals surface area contributed by atoms with Crippen LogP contribution in [0.4, 0.5) is 17.1 Å². The summed E-state index contributed by atoms with van der Waals surface area (Å²) in [5.74, 6) is 0. The Morgan fingerprint density at radius 2 is 1.02 bits per heavy atom. The molecule has 0 fully saturated rings. The van der Waals surface area contributed by atoms with E-state index in [2.05, 4.69) is 154 Å². The summed E-state index contributed by atoms with van der Waals surface area (Å²) >= 11 is 0. The van der Waals surface area contributed by atoms with Gasteiger partial charge in [0.1, 0.15) is 0 Å². The third kappa shape index (κ3) is 3.54. The molecule has 0 aliphatic heterocycles. The van der Waals surface area contributed by atoms with Crippen LogP contribution in [-0.2, 0) is 5.41 Å². The van der Waals surface area contributed by atoms with E-state index in [-0.39, 0.29) is 5.41 Å². The van der Waals surface area contributed by atoms with Gasteiger partial charge in [0, 0.05) is 63.4 Å². The molecule has 0 unspecified atom stereocenters. The Balaban J connectivity index is 1.38. The highest BCUT2D eigenvalue weighted by molar-refractivity contribution is 6.37. The zero-order chi connectivity index (χ0) is 31.4. The van der Waals surface area contributed by atoms with E-state index in [1.807, 2.05) is 24.8 Å². The Bertz CT molecular complexity index is 2810. The van der Waals surface area contributed by atoms with E-state index in [9.17, 15) is 0 Å². The van der Waals surface area contributed by atoms with Crippen molar-refractivity contribution in [3.63, 3.8) is 0 Å². The van der Waals surface area contributed by atoms with E-state index < -0.39 is 0 Å². The molecule has 5 aromatic carbocycles. The molecule has 0 N–H and O–H groups in total. The summed E-state index contributed by atoms with van der Waals surface area (Å²) in [7, 11) is 0. The van der Waals surface area contributed by atoms with Gasteiger partial charge in [0.25, 0.3) is 0 Å². The van der Waals surface area contributed by atoms with Crippen molar-refractivity contribution in [2.45, 2.75) is 26.2 Å². The average molecular weight is 606 g/mol. The second-order valence-electron chi connectivity index (χ2n) is 13.6. The molecule has 0 bridgehead atoms. The van der Waals surface area contributed by atoms with Crippen LogP contribution in [0.3, 0.4) is 0 Å². The molecule has 0 aliphatic carbocycles. The lowest BCUT2D eigenvalue weighted by Gasteiger charge is -2.27. The highest BCUT2D eigenvalue weighted by atomic mass is 15.1. The van der Waals surface area contributed by atoms with Crippen LogP contribution in [0.15, 0.2) is 134 Å². The first-order valence-corrected chi connectivity index (χ1v) is 16.2. The van der Waals surface area contributed by atoms with Gasteiger partial charge in [-0.3, -0.25) is 9.97 Å². The van der Waals surface area contributed by atoms with Crippen LogP contribution in [0.5, 0.6) is 0 Å². The van der Waals surface area contributed by atoms with Crippen molar-refractivity contribution in [3.05, 3.63) is 140 Å². The van der Waals surface area contributed by atoms with Crippen molar-refractivity contribution >= 4 is 82.5 Å². The number of aromatic nitrogens is 4. The maximum atomic E-state index is 4.65. The quantitative estimate of drug-likeness (QED) is 0.188. The molecule has 5 aromatic heterocycles. The molecule has 10 rings (SSSR count). The zero-order valence-corrected chi connectivity index (χ0v) is 26.4. The Labute approximate surface area is 271 Å². The molecule has 5 nitrogen and oxygen atoms in total. The predicted octanol–water partition coefficient (Wildman–Crippen LogP) is 11.0. The number of benzene rings is 5. The number of hydrogen-bond donors (Lipinski definition) is 0. The highest BCUT2D eigenvalue weighted by Crippen LogP contribution is 2.48. The van der Waals surface area contributed by atoms with Crippen molar-refractivity contribution in [3.8, 4) is 0 Å². The van der Waals surface area contributed by atoms with Crippen molar-refractivity contribution in [1.29, 1.82) is 0 Å². The van der Waals surface area contributed by atoms with E-state index in [0.717, 1.165) is 33.4 Å². The van der Waals surface area contributed by atoms with Crippen molar-refractivity contribution in [2.75, 3.05) is 4.90 Å². The fraction of sp³-hybridized carbons (Fsp3) is 0.0952. The maximum Gasteiger partial charge on any atom is 0.0796 e. The molecule has 5 heterocycles. The van der Waals surface area contributed by atoms with Crippen LogP contribution in [0.25, 0.3) is 65.4 Å². The molecule has 0 spiro atoms. The summed E-state index contributed by atoms with van der Waals surface area (Å²) in [6.45, 7) is 6.78. The first-order chi connectivity index (χ1) is 23.0. The molecule has 0 saturated carbocycles. The first kappa shape index (κ1) is 26.3. The fourth-order valence-corrected chi connectivity index (χ4v) is 7.84. The zero-order valence-electron chi connectivity index (χ0n) is 26.4. The molecule has 224 valence electrons. The summed E-state index contributed by atoms with van der Waals surface area (Å²) in [6.07, 6.45) is 7.88. The van der Waals surface area contributed by atoms with Gasteiger partial charge >= 0.3 is 0 Å². The van der Waals surface area contributed by atoms with E-state index in [4.69, 9.17) is 0 Å². The summed E-state index contributed by atoms with van der Waals surface area (Å²) in [5.41, 5.74) is 11.8. The van der Waals surface area contributed by atoms with Crippen LogP contribution in [0.1, 0.15) is 26.3 Å². The Hall–Kier alpha value is -5.94. The normalized spacial score (nSPS) is 12.6. The van der Waals surface area contributed by atoms with Crippen LogP contribution < -0.4 is 4.90 Å². The van der Waals surface area contributed by atoms with E-state index >= 15 is 0 Å². The fourth-order valence-electron chi connectivity index (χ4n) is 7.84. The molecular weight excluding hydrogens is 574 g/mol. The van der Waals surface area contributed by atoms with Gasteiger partial charge < -0.3 is 13.7 Å². The van der Waals surface area contributed by atoms with Crippen molar-refractivity contribution in [2.24, 2.45) is 0 Å². The summed E-state index contributed by atoms with van der Waals surface area (Å²) < 4.78 is 4.89. The molecule has 5 heteroatoms. The summed E-state index contributed by atoms with van der Waals surface area (Å²) in [4.78, 5) is 11.6. The van der Waals surface area contributed by atoms with Crippen LogP contribution >= 0.6 is 0 Å². The predicted molar refractivity (Wildman–Crippen MR) is 196 cm³/mol. The maximum absolute atomic E-state index is 4.65. The lowest BCUT2D eigenvalue weighted by Crippen LogP contribution is -2.13. The first-order valence-electron chi connectivity index (χ1n) is 16.2. The molecular formula is C42H31N5. The largest absolute Gasteiger partial charge is 0.310 e. The van der Waals surface area contributed by atoms with Gasteiger partial charge in [-0.2, -0.15) is 0 Å². The topological polar surface area (TPSA) is 37.8 Å². The Kier molecular flexibility index (Phi) is 5.20. The number of rotatable bonds is 3. The highest BCUT2D eigenvalue weighted by Gasteiger charge is 2.26. The Morgan fingerprint density at radius 3 is 1.62 bits per heavy atom. The SMILES string of the molecule is CC(C)(C)c1ccc(N(c2ccccc2)c2ccc3c(c2)c2c4cnccc4n4c5ccccc5n5c6ccncc6c3c5c24)cc1. The lowest BCUT2D eigenvalue weighted by atomic mass is 9.87. The van der Waals surface area contributed by atoms with Gasteiger partial charge in [0.15, 0.2) is 0 Å². The van der Waals surface area contributed by atoms with E-state index in [1.165, 1.54) is 54.7 Å². The lowest BCUT2D eigenvalue weighted by molar-refractivity contribution is 0.590. The monoisotopic (exact) mass is 605 g/mol. The van der Waals surface area contributed by atoms with Gasteiger partial charge in [-0.1, -0.05) is 69.3 Å². The standard InChI is InChI=1S/C42H31N5/c1-42(2,3)26-13-15-28(16-14-26)45(27-9-5-4-6-10-27)29-17-18-30-31(23-29)39-33-25-44-22-20-35(33)47-37-12-8-7-11-36(37)46-34-19-21-43-24-32(34)38(30)40(46)41(39)47/h4-25H,1-3H3. The second kappa shape index (κ2) is 9.30. The van der Waals surface area contributed by atoms with Gasteiger partial charge in [0.2, 0.25) is 0 Å². The van der Waals surface area contributed by atoms with Crippen LogP contribution in [0, 0.1) is 0 Å². The third-order valence-corrected chi connectivity index (χ3v) is 9.93. The van der Waals surface area contributed by atoms with Gasteiger partial charge in [0.05, 0.1) is 33.1 Å². The van der Waals surface area contributed by atoms with E-state index in [0.29, 0.717) is 0 Å². The van der Waals surface area contributed by atoms with Gasteiger partial charge in [-0.25, -0.2) is 0 Å². The van der Waals surface area contributed by atoms with Gasteiger partial charge in [-0.15, -0.1) is 0 Å². The minimum atomic E-state index is 0.0793. The van der Waals surface area contributed by atoms with Crippen molar-refractivity contribution < 1.29 is 0 Å². The molecule has 0 atom stereocenters. The number of hydrogen-bond acceptors (Lipinski definition) is 3. The number of pyridine rings is 2. The van der Waals surface area contributed by atoms with Gasteiger partial charge in [-0.05, 0) is 82.4 Å². The smallest absolute Gasteiger partial charge is 0.0796 e. The van der Waals surface area contributed by atoms with Crippen LogP contribution in [0.2, 0.25) is 0 Å². The number of para-hydroxylation sites is 3. The van der Waals surface area contributed by atoms with Crippen molar-refractivity contribution in [1.82, 2.24) is 18.8 Å². The minimum absolute atomic E-state index is 0.0793. The second-order valence-corrected chi connectivity index (χ2v) is 13.6. The summed E-state index contributed by atoms with van der Waals surface area (Å²) in [5, 5.41) is 7.18. The number of fused-ring (bicyclic) bond motifs is 12. The molecule has 0 aliphatic rings. The minimum Gasteiger partial charge on any atom is -0.310 e. The average Bonchev–Trinajstić information content (AvgIpc) is 3.63. The Morgan fingerprint density at radius 1 is 0.489 bits per heavy atom. The van der Waals surface area contributed by atoms with E-state index in [1.54, 1.807) is 0 Å². The molecule has 0 saturated heterocycles. The molecule has 0 radical (unpaired) electrons. The van der Waals surface area contributed by atoms with Crippen LogP contribution in [-0.4, -0.2) is 18.8 Å². The number of anilines is 3. The third-order valence-electron chi connectivity index (χ3n) is 9.93. The molecule has 0 amide bonds. The number of nitrogens with zero attached hydrogens (tertiary/aromatic N) is 5.